The molecule has 0 aromatic carbocycles. The number of nitrogens with one attached hydrogen (secondary N) is 1. The Bertz CT molecular complexity index is 543. The van der Waals surface area contributed by atoms with E-state index in [1.807, 2.05) is 6.07 Å². The Kier molecular flexibility index (Phi) is 3.88. The first-order chi connectivity index (χ1) is 8.62. The summed E-state index contributed by atoms with van der Waals surface area (Å²) in [5.74, 6) is 0. The number of hydrogen-bond acceptors (Lipinski definition) is 6. The number of ether oxygens (including phenoxy) is 1. The molecule has 1 aliphatic heterocycles. The predicted octanol–water partition coefficient (Wildman–Crippen LogP) is -0.521. The van der Waals surface area contributed by atoms with Gasteiger partial charge in [0.05, 0.1) is 13.2 Å². The Morgan fingerprint density at radius 1 is 1.39 bits per heavy atom. The highest BCUT2D eigenvalue weighted by molar-refractivity contribution is 7.89. The number of nitrogens with zero attached hydrogens (tertiary/aromatic N) is 3. The van der Waals surface area contributed by atoms with E-state index in [1.165, 1.54) is 18.3 Å². The van der Waals surface area contributed by atoms with E-state index in [-0.39, 0.29) is 10.6 Å². The van der Waals surface area contributed by atoms with Crippen LogP contribution in [0.25, 0.3) is 0 Å². The SMILES string of the molecule is N#Cc1ccc(S(=O)(=O)NN2CCOCC2)cn1. The minimum Gasteiger partial charge on any atom is -0.379 e. The van der Waals surface area contributed by atoms with Gasteiger partial charge in [0.1, 0.15) is 16.7 Å². The van der Waals surface area contributed by atoms with E-state index in [4.69, 9.17) is 10.00 Å². The van der Waals surface area contributed by atoms with Crippen molar-refractivity contribution in [3.63, 3.8) is 0 Å². The van der Waals surface area contributed by atoms with Crippen LogP contribution in [0.1, 0.15) is 5.69 Å². The molecule has 2 rings (SSSR count). The number of rotatable bonds is 3. The van der Waals surface area contributed by atoms with Crippen molar-refractivity contribution in [1.29, 1.82) is 5.26 Å². The molecule has 2 heterocycles. The topological polar surface area (TPSA) is 95.3 Å². The van der Waals surface area contributed by atoms with E-state index in [0.717, 1.165) is 0 Å². The molecule has 0 saturated carbocycles. The van der Waals surface area contributed by atoms with Gasteiger partial charge < -0.3 is 4.74 Å². The van der Waals surface area contributed by atoms with Crippen LogP contribution in [0.5, 0.6) is 0 Å². The summed E-state index contributed by atoms with van der Waals surface area (Å²) in [5.41, 5.74) is 0.181. The van der Waals surface area contributed by atoms with E-state index in [0.29, 0.717) is 26.3 Å². The summed E-state index contributed by atoms with van der Waals surface area (Å²) in [7, 11) is -3.64. The van der Waals surface area contributed by atoms with Gasteiger partial charge in [0, 0.05) is 19.3 Å². The van der Waals surface area contributed by atoms with Gasteiger partial charge in [-0.25, -0.2) is 18.4 Å². The van der Waals surface area contributed by atoms with E-state index in [2.05, 4.69) is 9.82 Å². The maximum absolute atomic E-state index is 12.0. The molecular formula is C10H12N4O3S. The summed E-state index contributed by atoms with van der Waals surface area (Å²) in [6.45, 7) is 1.99. The van der Waals surface area contributed by atoms with Crippen LogP contribution < -0.4 is 4.83 Å². The van der Waals surface area contributed by atoms with Crippen LogP contribution in [0.3, 0.4) is 0 Å². The number of nitriles is 1. The smallest absolute Gasteiger partial charge is 0.254 e. The Balaban J connectivity index is 2.12. The summed E-state index contributed by atoms with van der Waals surface area (Å²) in [5, 5.41) is 10.2. The van der Waals surface area contributed by atoms with Crippen molar-refractivity contribution in [2.75, 3.05) is 26.3 Å². The van der Waals surface area contributed by atoms with Crippen molar-refractivity contribution in [1.82, 2.24) is 14.8 Å². The second-order valence-electron chi connectivity index (χ2n) is 3.69. The van der Waals surface area contributed by atoms with Crippen LogP contribution in [0.4, 0.5) is 0 Å². The van der Waals surface area contributed by atoms with Crippen LogP contribution in [-0.2, 0) is 14.8 Å². The maximum atomic E-state index is 12.0. The number of pyridine rings is 1. The number of morpholine rings is 1. The molecule has 1 fully saturated rings. The Hall–Kier alpha value is -1.53. The quantitative estimate of drug-likeness (QED) is 0.792. The average Bonchev–Trinajstić information content (AvgIpc) is 2.39. The molecule has 0 radical (unpaired) electrons. The highest BCUT2D eigenvalue weighted by Gasteiger charge is 2.20. The molecule has 1 aromatic rings. The van der Waals surface area contributed by atoms with Gasteiger partial charge >= 0.3 is 0 Å². The zero-order valence-electron chi connectivity index (χ0n) is 9.54. The Morgan fingerprint density at radius 2 is 2.11 bits per heavy atom. The van der Waals surface area contributed by atoms with Gasteiger partial charge in [0.25, 0.3) is 10.0 Å². The molecule has 0 unspecified atom stereocenters. The van der Waals surface area contributed by atoms with Crippen LogP contribution in [0.15, 0.2) is 23.2 Å². The summed E-state index contributed by atoms with van der Waals surface area (Å²) < 4.78 is 29.1. The Morgan fingerprint density at radius 3 is 2.67 bits per heavy atom. The number of hydrazine groups is 1. The molecule has 0 amide bonds. The van der Waals surface area contributed by atoms with Gasteiger partial charge in [0.15, 0.2) is 0 Å². The average molecular weight is 268 g/mol. The lowest BCUT2D eigenvalue weighted by Gasteiger charge is -2.26. The molecule has 1 saturated heterocycles. The van der Waals surface area contributed by atoms with Gasteiger partial charge in [0.2, 0.25) is 0 Å². The maximum Gasteiger partial charge on any atom is 0.254 e. The molecule has 8 heteroatoms. The first kappa shape index (κ1) is 12.9. The molecule has 1 N–H and O–H groups in total. The number of hydrogen-bond donors (Lipinski definition) is 1. The molecule has 18 heavy (non-hydrogen) atoms. The largest absolute Gasteiger partial charge is 0.379 e. The molecule has 7 nitrogen and oxygen atoms in total. The first-order valence-corrected chi connectivity index (χ1v) is 6.81. The summed E-state index contributed by atoms with van der Waals surface area (Å²) in [4.78, 5) is 6.22. The minimum absolute atomic E-state index is 0.0352. The van der Waals surface area contributed by atoms with Gasteiger partial charge in [-0.2, -0.15) is 5.26 Å². The first-order valence-electron chi connectivity index (χ1n) is 5.33. The third-order valence-corrected chi connectivity index (χ3v) is 3.78. The van der Waals surface area contributed by atoms with Crippen molar-refractivity contribution in [3.8, 4) is 6.07 Å². The minimum atomic E-state index is -3.64. The highest BCUT2D eigenvalue weighted by Crippen LogP contribution is 2.08. The summed E-state index contributed by atoms with van der Waals surface area (Å²) >= 11 is 0. The fraction of sp³-hybridized carbons (Fsp3) is 0.400. The normalized spacial score (nSPS) is 17.3. The van der Waals surface area contributed by atoms with Crippen LogP contribution in [0.2, 0.25) is 0 Å². The zero-order chi connectivity index (χ0) is 13.0. The predicted molar refractivity (Wildman–Crippen MR) is 61.7 cm³/mol. The third-order valence-electron chi connectivity index (χ3n) is 2.42. The monoisotopic (exact) mass is 268 g/mol. The van der Waals surface area contributed by atoms with Crippen LogP contribution in [0, 0.1) is 11.3 Å². The molecule has 0 spiro atoms. The van der Waals surface area contributed by atoms with Crippen molar-refractivity contribution in [2.24, 2.45) is 0 Å². The Labute approximate surface area is 105 Å². The molecule has 0 atom stereocenters. The van der Waals surface area contributed by atoms with E-state index in [9.17, 15) is 8.42 Å². The van der Waals surface area contributed by atoms with Gasteiger partial charge in [-0.15, -0.1) is 4.83 Å². The van der Waals surface area contributed by atoms with Crippen LogP contribution in [-0.4, -0.2) is 44.7 Å². The van der Waals surface area contributed by atoms with Gasteiger partial charge in [-0.05, 0) is 12.1 Å². The van der Waals surface area contributed by atoms with Crippen molar-refractivity contribution >= 4 is 10.0 Å². The number of sulfonamides is 1. The van der Waals surface area contributed by atoms with Crippen molar-refractivity contribution in [2.45, 2.75) is 4.90 Å². The summed E-state index contributed by atoms with van der Waals surface area (Å²) in [6.07, 6.45) is 1.17. The fourth-order valence-corrected chi connectivity index (χ4v) is 2.55. The van der Waals surface area contributed by atoms with Crippen molar-refractivity contribution < 1.29 is 13.2 Å². The molecular weight excluding hydrogens is 256 g/mol. The molecule has 0 bridgehead atoms. The third kappa shape index (κ3) is 3.02. The van der Waals surface area contributed by atoms with Crippen molar-refractivity contribution in [3.05, 3.63) is 24.0 Å². The van der Waals surface area contributed by atoms with E-state index in [1.54, 1.807) is 5.01 Å². The molecule has 0 aliphatic carbocycles. The molecule has 96 valence electrons. The zero-order valence-corrected chi connectivity index (χ0v) is 10.4. The van der Waals surface area contributed by atoms with Gasteiger partial charge in [-0.1, -0.05) is 0 Å². The summed E-state index contributed by atoms with van der Waals surface area (Å²) in [6, 6.07) is 4.56. The second kappa shape index (κ2) is 5.41. The van der Waals surface area contributed by atoms with Gasteiger partial charge in [-0.3, -0.25) is 0 Å². The van der Waals surface area contributed by atoms with E-state index < -0.39 is 10.0 Å². The molecule has 1 aromatic heterocycles. The van der Waals surface area contributed by atoms with Crippen LogP contribution >= 0.6 is 0 Å². The lowest BCUT2D eigenvalue weighted by molar-refractivity contribution is 0.0272. The highest BCUT2D eigenvalue weighted by atomic mass is 32.2. The fourth-order valence-electron chi connectivity index (χ4n) is 1.48. The molecule has 1 aliphatic rings. The number of aromatic nitrogens is 1. The second-order valence-corrected chi connectivity index (χ2v) is 5.35. The lowest BCUT2D eigenvalue weighted by Crippen LogP contribution is -2.48. The van der Waals surface area contributed by atoms with E-state index >= 15 is 0 Å². The standard InChI is InChI=1S/C10H12N4O3S/c11-7-9-1-2-10(8-12-9)18(15,16)13-14-3-5-17-6-4-14/h1-2,8,13H,3-6H2. The lowest BCUT2D eigenvalue weighted by atomic mass is 10.4.